The number of carbonyl (C=O) groups is 3. The van der Waals surface area contributed by atoms with Crippen LogP contribution in [0.25, 0.3) is 11.1 Å². The average Bonchev–Trinajstić information content (AvgIpc) is 3.58. The Kier molecular flexibility index (Phi) is 6.26. The first-order chi connectivity index (χ1) is 16.9. The Morgan fingerprint density at radius 3 is 2.31 bits per heavy atom. The number of hydrogen-bond acceptors (Lipinski definition) is 4. The fraction of sp³-hybridized carbons (Fsp3) is 0.464. The van der Waals surface area contributed by atoms with Gasteiger partial charge < -0.3 is 20.5 Å². The second kappa shape index (κ2) is 9.36. The number of amides is 2. The van der Waals surface area contributed by atoms with Crippen LogP contribution in [0.3, 0.4) is 0 Å². The van der Waals surface area contributed by atoms with Crippen molar-refractivity contribution < 1.29 is 24.2 Å². The third-order valence-electron chi connectivity index (χ3n) is 8.13. The summed E-state index contributed by atoms with van der Waals surface area (Å²) in [5.41, 5.74) is 3.91. The van der Waals surface area contributed by atoms with Gasteiger partial charge in [-0.25, -0.2) is 4.79 Å². The maximum Gasteiger partial charge on any atom is 0.407 e. The number of rotatable bonds is 7. The third-order valence-corrected chi connectivity index (χ3v) is 8.13. The minimum absolute atomic E-state index is 0.00261. The molecule has 5 rings (SSSR count). The Balaban J connectivity index is 1.20. The van der Waals surface area contributed by atoms with Gasteiger partial charge in [-0.15, -0.1) is 0 Å². The number of fused-ring (bicyclic) bond motifs is 3. The monoisotopic (exact) mass is 476 g/mol. The number of carboxylic acids is 1. The summed E-state index contributed by atoms with van der Waals surface area (Å²) >= 11 is 0. The van der Waals surface area contributed by atoms with E-state index in [1.165, 1.54) is 11.1 Å². The topological polar surface area (TPSA) is 105 Å². The zero-order chi connectivity index (χ0) is 24.6. The molecule has 2 unspecified atom stereocenters. The molecule has 3 aliphatic rings. The predicted molar refractivity (Wildman–Crippen MR) is 131 cm³/mol. The minimum atomic E-state index is -0.803. The van der Waals surface area contributed by atoms with Crippen LogP contribution in [0.15, 0.2) is 48.5 Å². The minimum Gasteiger partial charge on any atom is -0.481 e. The van der Waals surface area contributed by atoms with E-state index in [0.717, 1.165) is 24.0 Å². The van der Waals surface area contributed by atoms with Gasteiger partial charge in [0.2, 0.25) is 5.91 Å². The Hall–Kier alpha value is -3.35. The van der Waals surface area contributed by atoms with Crippen LogP contribution in [0, 0.1) is 17.3 Å². The van der Waals surface area contributed by atoms with Gasteiger partial charge in [0.25, 0.3) is 0 Å². The van der Waals surface area contributed by atoms with Crippen molar-refractivity contribution in [1.29, 1.82) is 0 Å². The van der Waals surface area contributed by atoms with Gasteiger partial charge >= 0.3 is 12.1 Å². The molecule has 3 N–H and O–H groups in total. The number of ether oxygens (including phenoxy) is 1. The number of alkyl carbamates (subject to hydrolysis) is 1. The summed E-state index contributed by atoms with van der Waals surface area (Å²) in [6, 6.07) is 16.1. The van der Waals surface area contributed by atoms with Crippen LogP contribution in [0.5, 0.6) is 0 Å². The molecule has 184 valence electrons. The van der Waals surface area contributed by atoms with E-state index in [1.54, 1.807) is 0 Å². The van der Waals surface area contributed by atoms with Gasteiger partial charge in [-0.3, -0.25) is 9.59 Å². The van der Waals surface area contributed by atoms with Gasteiger partial charge in [0.1, 0.15) is 6.61 Å². The van der Waals surface area contributed by atoms with Crippen molar-refractivity contribution >= 4 is 18.0 Å². The zero-order valence-corrected chi connectivity index (χ0v) is 20.0. The Labute approximate surface area is 205 Å². The summed E-state index contributed by atoms with van der Waals surface area (Å²) in [5, 5.41) is 15.0. The predicted octanol–water partition coefficient (Wildman–Crippen LogP) is 4.31. The molecule has 7 heteroatoms. The van der Waals surface area contributed by atoms with Crippen molar-refractivity contribution in [2.24, 2.45) is 17.3 Å². The maximum atomic E-state index is 13.1. The molecule has 2 fully saturated rings. The van der Waals surface area contributed by atoms with Crippen molar-refractivity contribution in [1.82, 2.24) is 10.6 Å². The highest BCUT2D eigenvalue weighted by atomic mass is 16.5. The van der Waals surface area contributed by atoms with Crippen molar-refractivity contribution in [3.05, 3.63) is 59.7 Å². The van der Waals surface area contributed by atoms with Gasteiger partial charge in [0, 0.05) is 18.5 Å². The van der Waals surface area contributed by atoms with E-state index in [2.05, 4.69) is 34.9 Å². The summed E-state index contributed by atoms with van der Waals surface area (Å²) in [7, 11) is 0. The molecule has 2 aromatic carbocycles. The van der Waals surface area contributed by atoms with Crippen molar-refractivity contribution in [3.63, 3.8) is 0 Å². The standard InChI is InChI=1S/C28H32N2O5/c1-28(26(33)29-15-17-14-22(17)25(31)32)13-7-6-12-24(28)30-27(34)35-16-23-20-10-4-2-8-18(20)19-9-3-5-11-21(19)23/h2-5,8-11,17,22-24H,6-7,12-16H2,1H3,(H,29,33)(H,30,34)(H,31,32)/t17-,22-,24?,28?/m1/s1. The van der Waals surface area contributed by atoms with Crippen molar-refractivity contribution in [3.8, 4) is 11.1 Å². The van der Waals surface area contributed by atoms with E-state index in [1.807, 2.05) is 31.2 Å². The van der Waals surface area contributed by atoms with Crippen LogP contribution in [-0.4, -0.2) is 42.3 Å². The lowest BCUT2D eigenvalue weighted by molar-refractivity contribution is -0.139. The fourth-order valence-electron chi connectivity index (χ4n) is 5.82. The summed E-state index contributed by atoms with van der Waals surface area (Å²) in [6.07, 6.45) is 3.31. The number of carboxylic acid groups (broad SMARTS) is 1. The first-order valence-corrected chi connectivity index (χ1v) is 12.5. The van der Waals surface area contributed by atoms with Crippen LogP contribution < -0.4 is 10.6 Å². The molecule has 0 spiro atoms. The summed E-state index contributed by atoms with van der Waals surface area (Å²) in [5.74, 6) is -1.31. The van der Waals surface area contributed by atoms with Crippen LogP contribution in [-0.2, 0) is 14.3 Å². The van der Waals surface area contributed by atoms with Crippen molar-refractivity contribution in [2.75, 3.05) is 13.2 Å². The quantitative estimate of drug-likeness (QED) is 0.552. The Bertz CT molecular complexity index is 1100. The molecule has 0 radical (unpaired) electrons. The van der Waals surface area contributed by atoms with E-state index in [9.17, 15) is 14.4 Å². The molecule has 0 aliphatic heterocycles. The summed E-state index contributed by atoms with van der Waals surface area (Å²) in [4.78, 5) is 37.1. The second-order valence-corrected chi connectivity index (χ2v) is 10.3. The summed E-state index contributed by atoms with van der Waals surface area (Å²) in [6.45, 7) is 2.48. The smallest absolute Gasteiger partial charge is 0.407 e. The summed E-state index contributed by atoms with van der Waals surface area (Å²) < 4.78 is 5.72. The third kappa shape index (κ3) is 4.51. The highest BCUT2D eigenvalue weighted by Gasteiger charge is 2.47. The van der Waals surface area contributed by atoms with Crippen LogP contribution >= 0.6 is 0 Å². The van der Waals surface area contributed by atoms with E-state index in [0.29, 0.717) is 25.8 Å². The molecule has 35 heavy (non-hydrogen) atoms. The molecule has 0 saturated heterocycles. The van der Waals surface area contributed by atoms with Gasteiger partial charge in [0.15, 0.2) is 0 Å². The molecule has 2 aromatic rings. The molecule has 4 atom stereocenters. The van der Waals surface area contributed by atoms with Crippen LogP contribution in [0.1, 0.15) is 56.1 Å². The SMILES string of the molecule is CC1(C(=O)NC[C@H]2C[C@H]2C(=O)O)CCCCC1NC(=O)OCC1c2ccccc2-c2ccccc21. The first-order valence-electron chi connectivity index (χ1n) is 12.5. The van der Waals surface area contributed by atoms with Crippen molar-refractivity contribution in [2.45, 2.75) is 51.0 Å². The highest BCUT2D eigenvalue weighted by molar-refractivity contribution is 5.84. The average molecular weight is 477 g/mol. The van der Waals surface area contributed by atoms with E-state index in [-0.39, 0.29) is 36.3 Å². The molecule has 7 nitrogen and oxygen atoms in total. The first kappa shape index (κ1) is 23.4. The molecule has 2 amide bonds. The van der Waals surface area contributed by atoms with E-state index < -0.39 is 17.5 Å². The van der Waals surface area contributed by atoms with E-state index >= 15 is 0 Å². The van der Waals surface area contributed by atoms with Gasteiger partial charge in [0.05, 0.1) is 11.3 Å². The number of hydrogen-bond donors (Lipinski definition) is 3. The van der Waals surface area contributed by atoms with E-state index in [4.69, 9.17) is 9.84 Å². The molecule has 0 aromatic heterocycles. The van der Waals surface area contributed by atoms with Crippen LogP contribution in [0.4, 0.5) is 4.79 Å². The molecular formula is C28H32N2O5. The lowest BCUT2D eigenvalue weighted by atomic mass is 9.71. The normalized spacial score (nSPS) is 26.8. The number of carbonyl (C=O) groups excluding carboxylic acids is 2. The lowest BCUT2D eigenvalue weighted by Crippen LogP contribution is -2.56. The number of aliphatic carboxylic acids is 1. The highest BCUT2D eigenvalue weighted by Crippen LogP contribution is 2.44. The number of benzene rings is 2. The molecule has 0 bridgehead atoms. The van der Waals surface area contributed by atoms with Gasteiger partial charge in [-0.2, -0.15) is 0 Å². The Morgan fingerprint density at radius 2 is 1.69 bits per heavy atom. The van der Waals surface area contributed by atoms with Gasteiger partial charge in [-0.05, 0) is 54.4 Å². The lowest BCUT2D eigenvalue weighted by Gasteiger charge is -2.40. The Morgan fingerprint density at radius 1 is 1.03 bits per heavy atom. The number of nitrogens with one attached hydrogen (secondary N) is 2. The van der Waals surface area contributed by atoms with Gasteiger partial charge in [-0.1, -0.05) is 61.4 Å². The van der Waals surface area contributed by atoms with Crippen LogP contribution in [0.2, 0.25) is 0 Å². The fourth-order valence-corrected chi connectivity index (χ4v) is 5.82. The molecular weight excluding hydrogens is 444 g/mol. The largest absolute Gasteiger partial charge is 0.481 e. The molecule has 0 heterocycles. The maximum absolute atomic E-state index is 13.1. The zero-order valence-electron chi connectivity index (χ0n) is 20.0. The second-order valence-electron chi connectivity index (χ2n) is 10.3. The molecule has 3 aliphatic carbocycles. The molecule has 2 saturated carbocycles.